The van der Waals surface area contributed by atoms with Gasteiger partial charge in [-0.1, -0.05) is 0 Å². The van der Waals surface area contributed by atoms with Crippen LogP contribution in [0.3, 0.4) is 0 Å². The van der Waals surface area contributed by atoms with Crippen LogP contribution in [0.2, 0.25) is 0 Å². The summed E-state index contributed by atoms with van der Waals surface area (Å²) in [4.78, 5) is 3.30. The number of alkyl halides is 3. The van der Waals surface area contributed by atoms with E-state index in [2.05, 4.69) is 10.3 Å². The van der Waals surface area contributed by atoms with Gasteiger partial charge in [0.1, 0.15) is 10.6 Å². The van der Waals surface area contributed by atoms with Gasteiger partial charge in [-0.2, -0.15) is 17.5 Å². The van der Waals surface area contributed by atoms with Gasteiger partial charge in [0.25, 0.3) is 0 Å². The molecule has 0 spiro atoms. The third-order valence-corrected chi connectivity index (χ3v) is 7.04. The largest absolute Gasteiger partial charge is 0.433 e. The van der Waals surface area contributed by atoms with E-state index in [0.717, 1.165) is 25.0 Å². The topological polar surface area (TPSA) is 62.3 Å². The standard InChI is InChI=1S/C15H20F3N3O2S/c1-9-13(3-4-14(20-9)15(16,17)18)24(22,23)21-7-10-5-12(19-2)6-11(10)8-21/h3-4,10-12,19H,5-8H2,1-2H3/t10-,11+,12?. The van der Waals surface area contributed by atoms with Crippen molar-refractivity contribution in [3.63, 3.8) is 0 Å². The molecule has 1 N–H and O–H groups in total. The van der Waals surface area contributed by atoms with Crippen molar-refractivity contribution in [1.82, 2.24) is 14.6 Å². The highest BCUT2D eigenvalue weighted by Gasteiger charge is 2.45. The molecule has 0 bridgehead atoms. The summed E-state index contributed by atoms with van der Waals surface area (Å²) in [6.07, 6.45) is -2.73. The zero-order valence-electron chi connectivity index (χ0n) is 13.5. The minimum Gasteiger partial charge on any atom is -0.317 e. The van der Waals surface area contributed by atoms with Gasteiger partial charge in [0, 0.05) is 19.1 Å². The summed E-state index contributed by atoms with van der Waals surface area (Å²) in [7, 11) is -1.91. The van der Waals surface area contributed by atoms with Crippen LogP contribution in [0.4, 0.5) is 13.2 Å². The summed E-state index contributed by atoms with van der Waals surface area (Å²) in [5, 5.41) is 3.22. The smallest absolute Gasteiger partial charge is 0.317 e. The fourth-order valence-corrected chi connectivity index (χ4v) is 5.52. The molecule has 3 atom stereocenters. The summed E-state index contributed by atoms with van der Waals surface area (Å²) < 4.78 is 65.1. The van der Waals surface area contributed by atoms with Gasteiger partial charge in [-0.25, -0.2) is 13.4 Å². The Morgan fingerprint density at radius 3 is 2.25 bits per heavy atom. The summed E-state index contributed by atoms with van der Waals surface area (Å²) in [6.45, 7) is 2.15. The monoisotopic (exact) mass is 363 g/mol. The maximum atomic E-state index is 12.8. The van der Waals surface area contributed by atoms with Gasteiger partial charge in [0.15, 0.2) is 0 Å². The van der Waals surface area contributed by atoms with Crippen LogP contribution in [0.5, 0.6) is 0 Å². The molecular formula is C15H20F3N3O2S. The molecule has 134 valence electrons. The number of sulfonamides is 1. The minimum absolute atomic E-state index is 0.116. The molecule has 1 saturated carbocycles. The summed E-state index contributed by atoms with van der Waals surface area (Å²) in [5.41, 5.74) is -1.19. The Balaban J connectivity index is 1.83. The van der Waals surface area contributed by atoms with E-state index in [0.29, 0.717) is 31.0 Å². The van der Waals surface area contributed by atoms with Gasteiger partial charge in [-0.05, 0) is 50.8 Å². The second-order valence-electron chi connectivity index (χ2n) is 6.58. The van der Waals surface area contributed by atoms with Crippen molar-refractivity contribution >= 4 is 10.0 Å². The van der Waals surface area contributed by atoms with Crippen LogP contribution >= 0.6 is 0 Å². The van der Waals surface area contributed by atoms with E-state index in [4.69, 9.17) is 0 Å². The molecule has 0 amide bonds. The zero-order chi connectivity index (χ0) is 17.7. The van der Waals surface area contributed by atoms with Crippen molar-refractivity contribution in [2.75, 3.05) is 20.1 Å². The maximum absolute atomic E-state index is 12.8. The Morgan fingerprint density at radius 2 is 1.79 bits per heavy atom. The molecule has 2 heterocycles. The number of aromatic nitrogens is 1. The number of rotatable bonds is 3. The molecule has 9 heteroatoms. The van der Waals surface area contributed by atoms with Crippen molar-refractivity contribution in [3.05, 3.63) is 23.5 Å². The van der Waals surface area contributed by atoms with Crippen molar-refractivity contribution in [3.8, 4) is 0 Å². The predicted octanol–water partition coefficient (Wildman–Crippen LogP) is 2.03. The normalized spacial score (nSPS) is 28.3. The zero-order valence-corrected chi connectivity index (χ0v) is 14.3. The Morgan fingerprint density at radius 1 is 1.21 bits per heavy atom. The molecule has 0 radical (unpaired) electrons. The first-order chi connectivity index (χ1) is 11.1. The first-order valence-corrected chi connectivity index (χ1v) is 9.29. The van der Waals surface area contributed by atoms with Crippen LogP contribution in [0.25, 0.3) is 0 Å². The van der Waals surface area contributed by atoms with E-state index < -0.39 is 21.9 Å². The summed E-state index contributed by atoms with van der Waals surface area (Å²) >= 11 is 0. The van der Waals surface area contributed by atoms with E-state index in [9.17, 15) is 21.6 Å². The highest BCUT2D eigenvalue weighted by Crippen LogP contribution is 2.40. The number of hydrogen-bond acceptors (Lipinski definition) is 4. The SMILES string of the molecule is CNC1C[C@@H]2CN(S(=O)(=O)c3ccc(C(F)(F)F)nc3C)C[C@@H]2C1. The molecule has 0 aromatic carbocycles. The fraction of sp³-hybridized carbons (Fsp3) is 0.667. The molecule has 3 rings (SSSR count). The Kier molecular flexibility index (Phi) is 4.38. The lowest BCUT2D eigenvalue weighted by Crippen LogP contribution is -2.32. The van der Waals surface area contributed by atoms with E-state index in [-0.39, 0.29) is 10.6 Å². The van der Waals surface area contributed by atoms with Crippen molar-refractivity contribution < 1.29 is 21.6 Å². The second kappa shape index (κ2) is 5.96. The first-order valence-electron chi connectivity index (χ1n) is 7.85. The second-order valence-corrected chi connectivity index (χ2v) is 8.48. The third kappa shape index (κ3) is 3.04. The molecule has 24 heavy (non-hydrogen) atoms. The fourth-order valence-electron chi connectivity index (χ4n) is 3.81. The molecule has 1 aliphatic heterocycles. The molecule has 2 fully saturated rings. The summed E-state index contributed by atoms with van der Waals surface area (Å²) in [6, 6.07) is 2.16. The molecule has 1 unspecified atom stereocenters. The van der Waals surface area contributed by atoms with Gasteiger partial charge in [-0.15, -0.1) is 0 Å². The maximum Gasteiger partial charge on any atom is 0.433 e. The van der Waals surface area contributed by atoms with Crippen LogP contribution in [-0.4, -0.2) is 43.9 Å². The number of aryl methyl sites for hydroxylation is 1. The highest BCUT2D eigenvalue weighted by atomic mass is 32.2. The van der Waals surface area contributed by atoms with Crippen LogP contribution in [-0.2, 0) is 16.2 Å². The van der Waals surface area contributed by atoms with Crippen LogP contribution in [0, 0.1) is 18.8 Å². The number of nitrogens with zero attached hydrogens (tertiary/aromatic N) is 2. The van der Waals surface area contributed by atoms with E-state index in [1.165, 1.54) is 11.2 Å². The number of pyridine rings is 1. The molecular weight excluding hydrogens is 343 g/mol. The molecule has 5 nitrogen and oxygen atoms in total. The van der Waals surface area contributed by atoms with Crippen molar-refractivity contribution in [2.24, 2.45) is 11.8 Å². The lowest BCUT2D eigenvalue weighted by atomic mass is 10.0. The number of hydrogen-bond donors (Lipinski definition) is 1. The molecule has 1 aliphatic carbocycles. The number of fused-ring (bicyclic) bond motifs is 1. The molecule has 1 saturated heterocycles. The Labute approximate surface area is 139 Å². The summed E-state index contributed by atoms with van der Waals surface area (Å²) in [5.74, 6) is 0.611. The van der Waals surface area contributed by atoms with Gasteiger partial charge >= 0.3 is 6.18 Å². The van der Waals surface area contributed by atoms with E-state index in [1.807, 2.05) is 7.05 Å². The van der Waals surface area contributed by atoms with Crippen molar-refractivity contribution in [1.29, 1.82) is 0 Å². The quantitative estimate of drug-likeness (QED) is 0.893. The van der Waals surface area contributed by atoms with Gasteiger partial charge in [0.2, 0.25) is 10.0 Å². The lowest BCUT2D eigenvalue weighted by molar-refractivity contribution is -0.141. The van der Waals surface area contributed by atoms with Crippen LogP contribution < -0.4 is 5.32 Å². The lowest BCUT2D eigenvalue weighted by Gasteiger charge is -2.20. The predicted molar refractivity (Wildman–Crippen MR) is 81.8 cm³/mol. The van der Waals surface area contributed by atoms with E-state index >= 15 is 0 Å². The molecule has 1 aromatic rings. The minimum atomic E-state index is -4.58. The van der Waals surface area contributed by atoms with Crippen LogP contribution in [0.15, 0.2) is 17.0 Å². The number of nitrogens with one attached hydrogen (secondary N) is 1. The van der Waals surface area contributed by atoms with Crippen molar-refractivity contribution in [2.45, 2.75) is 36.9 Å². The number of halogens is 3. The third-order valence-electron chi connectivity index (χ3n) is 5.07. The molecule has 1 aromatic heterocycles. The van der Waals surface area contributed by atoms with E-state index in [1.54, 1.807) is 0 Å². The average molecular weight is 363 g/mol. The Hall–Kier alpha value is -1.19. The highest BCUT2D eigenvalue weighted by molar-refractivity contribution is 7.89. The van der Waals surface area contributed by atoms with Crippen LogP contribution in [0.1, 0.15) is 24.2 Å². The first kappa shape index (κ1) is 17.6. The average Bonchev–Trinajstić information content (AvgIpc) is 3.04. The molecule has 2 aliphatic rings. The van der Waals surface area contributed by atoms with Gasteiger partial charge in [-0.3, -0.25) is 0 Å². The van der Waals surface area contributed by atoms with Gasteiger partial charge in [0.05, 0.1) is 5.69 Å². The Bertz CT molecular complexity index is 722. The van der Waals surface area contributed by atoms with Gasteiger partial charge < -0.3 is 5.32 Å².